The second-order valence-corrected chi connectivity index (χ2v) is 16.1. The smallest absolute Gasteiger partial charge is 0.123 e. The molecule has 13 heteroatoms. The van der Waals surface area contributed by atoms with Crippen LogP contribution in [0.15, 0.2) is 66.7 Å². The van der Waals surface area contributed by atoms with Crippen molar-refractivity contribution in [3.8, 4) is 23.0 Å². The third-order valence-electron chi connectivity index (χ3n) is 10.1. The van der Waals surface area contributed by atoms with Gasteiger partial charge in [-0.2, -0.15) is 5.06 Å². The lowest BCUT2D eigenvalue weighted by atomic mass is 9.82. The van der Waals surface area contributed by atoms with Crippen LogP contribution in [0.3, 0.4) is 0 Å². The lowest BCUT2D eigenvalue weighted by Crippen LogP contribution is -2.58. The lowest BCUT2D eigenvalue weighted by molar-refractivity contribution is -0.304. The summed E-state index contributed by atoms with van der Waals surface area (Å²) in [5.74, 6) is 2.78. The minimum absolute atomic E-state index is 0.0123. The molecule has 1 fully saturated rings. The fraction of sp³-hybridized carbons (Fsp3) is 0.617. The Bertz CT molecular complexity index is 1540. The fourth-order valence-electron chi connectivity index (χ4n) is 7.14. The Hall–Kier alpha value is -3.50. The molecule has 3 aromatic carbocycles. The molecule has 1 saturated heterocycles. The van der Waals surface area contributed by atoms with Gasteiger partial charge in [0.15, 0.2) is 0 Å². The highest BCUT2D eigenvalue weighted by Gasteiger charge is 2.43. The van der Waals surface area contributed by atoms with E-state index in [1.807, 2.05) is 42.5 Å². The van der Waals surface area contributed by atoms with Gasteiger partial charge in [-0.3, -0.25) is 4.84 Å². The van der Waals surface area contributed by atoms with Crippen LogP contribution in [0.1, 0.15) is 76.7 Å². The topological polar surface area (TPSA) is 114 Å². The van der Waals surface area contributed by atoms with Crippen LogP contribution in [0, 0.1) is 0 Å². The van der Waals surface area contributed by atoms with Crippen molar-refractivity contribution in [1.29, 1.82) is 0 Å². The quantitative estimate of drug-likeness (QED) is 0.231. The molecule has 0 amide bonds. The molecule has 0 aromatic heterocycles. The molecule has 1 unspecified atom stereocenters. The minimum atomic E-state index is -0.0647. The van der Waals surface area contributed by atoms with Gasteiger partial charge in [-0.05, 0) is 94.8 Å². The first-order valence-corrected chi connectivity index (χ1v) is 21.5. The van der Waals surface area contributed by atoms with Crippen molar-refractivity contribution in [2.45, 2.75) is 84.3 Å². The van der Waals surface area contributed by atoms with Crippen molar-refractivity contribution in [2.24, 2.45) is 0 Å². The van der Waals surface area contributed by atoms with E-state index in [1.165, 1.54) is 6.42 Å². The van der Waals surface area contributed by atoms with E-state index in [-0.39, 0.29) is 17.2 Å². The molecule has 3 aromatic rings. The largest absolute Gasteiger partial charge is 0.491 e. The molecular formula is C47H69NO12. The van der Waals surface area contributed by atoms with E-state index in [2.05, 4.69) is 63.9 Å². The van der Waals surface area contributed by atoms with Gasteiger partial charge in [0.05, 0.1) is 92.5 Å². The molecule has 334 valence electrons. The molecule has 5 rings (SSSR count). The Morgan fingerprint density at radius 2 is 0.867 bits per heavy atom. The second-order valence-electron chi connectivity index (χ2n) is 16.1. The highest BCUT2D eigenvalue weighted by molar-refractivity contribution is 5.38. The lowest BCUT2D eigenvalue weighted by Gasteiger charge is -2.52. The van der Waals surface area contributed by atoms with E-state index < -0.39 is 0 Å². The van der Waals surface area contributed by atoms with E-state index >= 15 is 0 Å². The molecule has 0 saturated carbocycles. The summed E-state index contributed by atoms with van der Waals surface area (Å²) in [6, 6.07) is 21.8. The molecule has 0 spiro atoms. The standard InChI is InChI=1S/C47H69NO12/c1-38(60-48-46(2,3)14-7-15-47(48,4)5)41-12-10-39(11-13-41)36-55-37-40-32-44-35-45(33-40)59-31-27-54-23-19-50-17-21-52-25-29-57-43-9-6-8-42(34-43)56-28-24-51-20-16-49-18-22-53-26-30-58-44/h6,8-13,32-35,38H,7,14-31,36-37H2,1-5H3. The normalized spacial score (nSPS) is 20.7. The molecule has 2 aliphatic rings. The number of rotatable bonds is 7. The molecule has 4 bridgehead atoms. The summed E-state index contributed by atoms with van der Waals surface area (Å²) in [7, 11) is 0. The van der Waals surface area contributed by atoms with E-state index in [0.717, 1.165) is 41.0 Å². The summed E-state index contributed by atoms with van der Waals surface area (Å²) >= 11 is 0. The predicted octanol–water partition coefficient (Wildman–Crippen LogP) is 7.77. The number of ether oxygens (including phenoxy) is 11. The number of hydrogen-bond donors (Lipinski definition) is 0. The van der Waals surface area contributed by atoms with E-state index in [9.17, 15) is 0 Å². The van der Waals surface area contributed by atoms with E-state index in [1.54, 1.807) is 0 Å². The van der Waals surface area contributed by atoms with Gasteiger partial charge in [0, 0.05) is 23.2 Å². The van der Waals surface area contributed by atoms with E-state index in [0.29, 0.717) is 130 Å². The molecule has 2 aliphatic heterocycles. The SMILES string of the molecule is CC(ON1C(C)(C)CCCC1(C)C)c1ccc(COCc2cc3cc(c2)OCCOCCOCCOCCOc2cccc(c2)OCCOCCOCCOCCO3)cc1. The van der Waals surface area contributed by atoms with Gasteiger partial charge < -0.3 is 52.1 Å². The molecular weight excluding hydrogens is 771 g/mol. The first kappa shape index (κ1) is 47.5. The van der Waals surface area contributed by atoms with Crippen molar-refractivity contribution >= 4 is 0 Å². The second kappa shape index (κ2) is 26.1. The molecule has 13 nitrogen and oxygen atoms in total. The average molecular weight is 840 g/mol. The number of hydrogen-bond acceptors (Lipinski definition) is 13. The Kier molecular flexibility index (Phi) is 20.7. The molecule has 2 heterocycles. The van der Waals surface area contributed by atoms with Gasteiger partial charge in [0.25, 0.3) is 0 Å². The highest BCUT2D eigenvalue weighted by atomic mass is 16.7. The van der Waals surface area contributed by atoms with Crippen LogP contribution in [-0.2, 0) is 51.2 Å². The number of nitrogens with zero attached hydrogens (tertiary/aromatic N) is 1. The monoisotopic (exact) mass is 839 g/mol. The summed E-state index contributed by atoms with van der Waals surface area (Å²) in [6.45, 7) is 19.1. The van der Waals surface area contributed by atoms with Crippen molar-refractivity contribution in [2.75, 3.05) is 106 Å². The van der Waals surface area contributed by atoms with Gasteiger partial charge >= 0.3 is 0 Å². The third-order valence-corrected chi connectivity index (χ3v) is 10.1. The summed E-state index contributed by atoms with van der Waals surface area (Å²) in [5.41, 5.74) is 3.13. The van der Waals surface area contributed by atoms with Gasteiger partial charge in [0.2, 0.25) is 0 Å². The van der Waals surface area contributed by atoms with Gasteiger partial charge in [-0.15, -0.1) is 0 Å². The van der Waals surface area contributed by atoms with Crippen molar-refractivity contribution in [3.63, 3.8) is 0 Å². The third kappa shape index (κ3) is 17.5. The fourth-order valence-corrected chi connectivity index (χ4v) is 7.14. The first-order chi connectivity index (χ1) is 29.2. The molecule has 60 heavy (non-hydrogen) atoms. The average Bonchev–Trinajstić information content (AvgIpc) is 3.22. The summed E-state index contributed by atoms with van der Waals surface area (Å²) in [4.78, 5) is 6.60. The molecule has 1 atom stereocenters. The highest BCUT2D eigenvalue weighted by Crippen LogP contribution is 2.40. The summed E-state index contributed by atoms with van der Waals surface area (Å²) in [6.07, 6.45) is 3.39. The van der Waals surface area contributed by atoms with Crippen LogP contribution >= 0.6 is 0 Å². The van der Waals surface area contributed by atoms with Gasteiger partial charge in [0.1, 0.15) is 55.5 Å². The Balaban J connectivity index is 1.07. The molecule has 0 aliphatic carbocycles. The van der Waals surface area contributed by atoms with Crippen LogP contribution in [-0.4, -0.2) is 122 Å². The summed E-state index contributed by atoms with van der Waals surface area (Å²) < 4.78 is 64.0. The number of benzene rings is 3. The van der Waals surface area contributed by atoms with Gasteiger partial charge in [-0.25, -0.2) is 0 Å². The van der Waals surface area contributed by atoms with Crippen LogP contribution in [0.4, 0.5) is 0 Å². The van der Waals surface area contributed by atoms with Crippen LogP contribution < -0.4 is 18.9 Å². The molecule has 0 radical (unpaired) electrons. The Morgan fingerprint density at radius 3 is 1.32 bits per heavy atom. The van der Waals surface area contributed by atoms with Crippen molar-refractivity contribution in [1.82, 2.24) is 5.06 Å². The zero-order chi connectivity index (χ0) is 42.3. The first-order valence-electron chi connectivity index (χ1n) is 21.5. The van der Waals surface area contributed by atoms with Crippen molar-refractivity contribution < 1.29 is 56.9 Å². The predicted molar refractivity (Wildman–Crippen MR) is 228 cm³/mol. The maximum Gasteiger partial charge on any atom is 0.123 e. The summed E-state index contributed by atoms with van der Waals surface area (Å²) in [5, 5.41) is 2.22. The number of fused-ring (bicyclic) bond motifs is 4. The zero-order valence-corrected chi connectivity index (χ0v) is 36.6. The maximum absolute atomic E-state index is 6.60. The Labute approximate surface area is 357 Å². The van der Waals surface area contributed by atoms with E-state index in [4.69, 9.17) is 56.9 Å². The van der Waals surface area contributed by atoms with Crippen LogP contribution in [0.25, 0.3) is 0 Å². The zero-order valence-electron chi connectivity index (χ0n) is 36.6. The number of hydroxylamine groups is 2. The van der Waals surface area contributed by atoms with Crippen molar-refractivity contribution in [3.05, 3.63) is 83.4 Å². The number of piperidine rings is 1. The van der Waals surface area contributed by atoms with Crippen LogP contribution in [0.5, 0.6) is 23.0 Å². The Morgan fingerprint density at radius 1 is 0.483 bits per heavy atom. The maximum atomic E-state index is 6.60. The minimum Gasteiger partial charge on any atom is -0.491 e. The molecule has 0 N–H and O–H groups in total. The van der Waals surface area contributed by atoms with Gasteiger partial charge in [-0.1, -0.05) is 30.3 Å². The van der Waals surface area contributed by atoms with Crippen LogP contribution in [0.2, 0.25) is 0 Å².